The number of anilines is 1. The Balaban J connectivity index is 1.61. The average molecular weight is 327 g/mol. The zero-order valence-corrected chi connectivity index (χ0v) is 13.1. The number of rotatable bonds is 3. The molecule has 0 atom stereocenters. The van der Waals surface area contributed by atoms with Crippen LogP contribution in [0.4, 0.5) is 5.69 Å². The quantitative estimate of drug-likeness (QED) is 0.805. The number of nitrogens with one attached hydrogen (secondary N) is 1. The van der Waals surface area contributed by atoms with Crippen molar-refractivity contribution in [3.05, 3.63) is 81.0 Å². The van der Waals surface area contributed by atoms with Crippen molar-refractivity contribution < 1.29 is 0 Å². The molecule has 23 heavy (non-hydrogen) atoms. The maximum atomic E-state index is 11.6. The number of aromatic nitrogens is 3. The summed E-state index contributed by atoms with van der Waals surface area (Å²) in [7, 11) is 0. The summed E-state index contributed by atoms with van der Waals surface area (Å²) in [6, 6.07) is 14.7. The molecule has 0 radical (unpaired) electrons. The fraction of sp³-hybridized carbons (Fsp3) is 0.176. The van der Waals surface area contributed by atoms with Gasteiger partial charge in [0.1, 0.15) is 5.02 Å². The second-order valence-corrected chi connectivity index (χ2v) is 6.02. The van der Waals surface area contributed by atoms with Crippen LogP contribution in [0.2, 0.25) is 5.02 Å². The summed E-state index contributed by atoms with van der Waals surface area (Å²) < 4.78 is 2.27. The van der Waals surface area contributed by atoms with Crippen molar-refractivity contribution in [1.82, 2.24) is 14.8 Å². The first-order valence-electron chi connectivity index (χ1n) is 7.42. The van der Waals surface area contributed by atoms with Gasteiger partial charge in [0.05, 0.1) is 25.1 Å². The standard InChI is InChI=1S/C17H15ClN4O/c18-16-15(9-19-20-17(16)23)21-10-14-7-6-13(22(14)11-21)8-12-4-2-1-3-5-12/h1-7,9H,8,10-11H2,(H,20,23). The molecule has 1 aliphatic rings. The van der Waals surface area contributed by atoms with Crippen LogP contribution < -0.4 is 10.5 Å². The number of hydrogen-bond donors (Lipinski definition) is 1. The van der Waals surface area contributed by atoms with Gasteiger partial charge in [-0.2, -0.15) is 5.10 Å². The van der Waals surface area contributed by atoms with Crippen LogP contribution in [-0.2, 0) is 19.6 Å². The maximum absolute atomic E-state index is 11.6. The Morgan fingerprint density at radius 2 is 2.00 bits per heavy atom. The van der Waals surface area contributed by atoms with E-state index in [9.17, 15) is 4.79 Å². The first-order valence-corrected chi connectivity index (χ1v) is 7.79. The monoisotopic (exact) mass is 326 g/mol. The second-order valence-electron chi connectivity index (χ2n) is 5.64. The summed E-state index contributed by atoms with van der Waals surface area (Å²) in [5.74, 6) is 0. The Kier molecular flexibility index (Phi) is 3.42. The third-order valence-electron chi connectivity index (χ3n) is 4.17. The van der Waals surface area contributed by atoms with E-state index in [1.807, 2.05) is 6.07 Å². The molecule has 1 aromatic carbocycles. The highest BCUT2D eigenvalue weighted by Gasteiger charge is 2.23. The van der Waals surface area contributed by atoms with Gasteiger partial charge in [0.2, 0.25) is 0 Å². The van der Waals surface area contributed by atoms with Crippen LogP contribution in [0.5, 0.6) is 0 Å². The van der Waals surface area contributed by atoms with Gasteiger partial charge in [0.15, 0.2) is 0 Å². The molecule has 3 heterocycles. The summed E-state index contributed by atoms with van der Waals surface area (Å²) in [5, 5.41) is 6.40. The van der Waals surface area contributed by atoms with Gasteiger partial charge < -0.3 is 9.47 Å². The van der Waals surface area contributed by atoms with E-state index < -0.39 is 0 Å². The van der Waals surface area contributed by atoms with Gasteiger partial charge in [0.25, 0.3) is 5.56 Å². The van der Waals surface area contributed by atoms with Gasteiger partial charge in [-0.25, -0.2) is 5.10 Å². The lowest BCUT2D eigenvalue weighted by atomic mass is 10.1. The lowest BCUT2D eigenvalue weighted by Gasteiger charge is -2.18. The zero-order chi connectivity index (χ0) is 15.8. The highest BCUT2D eigenvalue weighted by atomic mass is 35.5. The van der Waals surface area contributed by atoms with Gasteiger partial charge in [-0.1, -0.05) is 41.9 Å². The summed E-state index contributed by atoms with van der Waals surface area (Å²) >= 11 is 6.12. The van der Waals surface area contributed by atoms with Crippen molar-refractivity contribution in [2.24, 2.45) is 0 Å². The third-order valence-corrected chi connectivity index (χ3v) is 4.54. The van der Waals surface area contributed by atoms with Crippen molar-refractivity contribution in [2.45, 2.75) is 19.6 Å². The zero-order valence-electron chi connectivity index (χ0n) is 12.4. The minimum absolute atomic E-state index is 0.190. The topological polar surface area (TPSA) is 53.9 Å². The van der Waals surface area contributed by atoms with E-state index >= 15 is 0 Å². The molecule has 6 heteroatoms. The van der Waals surface area contributed by atoms with Crippen LogP contribution >= 0.6 is 11.6 Å². The summed E-state index contributed by atoms with van der Waals surface area (Å²) in [6.45, 7) is 1.40. The van der Waals surface area contributed by atoms with E-state index in [0.29, 0.717) is 12.4 Å². The average Bonchev–Trinajstić information content (AvgIpc) is 3.13. The number of nitrogens with zero attached hydrogens (tertiary/aromatic N) is 3. The third kappa shape index (κ3) is 2.53. The van der Waals surface area contributed by atoms with E-state index in [2.05, 4.69) is 56.1 Å². The molecule has 0 amide bonds. The lowest BCUT2D eigenvalue weighted by Crippen LogP contribution is -2.21. The highest BCUT2D eigenvalue weighted by molar-refractivity contribution is 6.32. The van der Waals surface area contributed by atoms with Crippen molar-refractivity contribution in [3.8, 4) is 0 Å². The molecule has 0 aliphatic carbocycles. The molecule has 0 unspecified atom stereocenters. The van der Waals surface area contributed by atoms with E-state index in [-0.39, 0.29) is 10.6 Å². The molecule has 3 aromatic rings. The maximum Gasteiger partial charge on any atom is 0.285 e. The van der Waals surface area contributed by atoms with Gasteiger partial charge in [0, 0.05) is 17.8 Å². The van der Waals surface area contributed by atoms with E-state index in [0.717, 1.165) is 13.0 Å². The molecule has 0 saturated carbocycles. The van der Waals surface area contributed by atoms with E-state index in [1.54, 1.807) is 6.20 Å². The number of aromatic amines is 1. The minimum atomic E-state index is -0.356. The first kappa shape index (κ1) is 14.1. The Morgan fingerprint density at radius 1 is 1.17 bits per heavy atom. The number of H-pyrrole nitrogens is 1. The van der Waals surface area contributed by atoms with E-state index in [4.69, 9.17) is 11.6 Å². The Bertz CT molecular complexity index is 900. The summed E-state index contributed by atoms with van der Waals surface area (Å²) in [6.07, 6.45) is 2.49. The Labute approximate surface area is 138 Å². The van der Waals surface area contributed by atoms with Crippen LogP contribution in [0.3, 0.4) is 0 Å². The Morgan fingerprint density at radius 3 is 2.83 bits per heavy atom. The molecule has 116 valence electrons. The normalized spacial score (nSPS) is 13.3. The predicted octanol–water partition coefficient (Wildman–Crippen LogP) is 2.79. The van der Waals surface area contributed by atoms with Crippen molar-refractivity contribution in [3.63, 3.8) is 0 Å². The molecule has 4 rings (SSSR count). The molecule has 0 spiro atoms. The van der Waals surface area contributed by atoms with E-state index in [1.165, 1.54) is 17.0 Å². The summed E-state index contributed by atoms with van der Waals surface area (Å²) in [5.41, 5.74) is 4.06. The number of hydrogen-bond acceptors (Lipinski definition) is 3. The second kappa shape index (κ2) is 5.59. The fourth-order valence-electron chi connectivity index (χ4n) is 3.01. The Hall–Kier alpha value is -2.53. The molecule has 0 fully saturated rings. The van der Waals surface area contributed by atoms with Crippen molar-refractivity contribution >= 4 is 17.3 Å². The molecule has 0 saturated heterocycles. The molecule has 1 aliphatic heterocycles. The molecule has 2 aromatic heterocycles. The van der Waals surface area contributed by atoms with Crippen molar-refractivity contribution in [2.75, 3.05) is 4.90 Å². The molecular weight excluding hydrogens is 312 g/mol. The van der Waals surface area contributed by atoms with Crippen LogP contribution in [-0.4, -0.2) is 14.8 Å². The van der Waals surface area contributed by atoms with Gasteiger partial charge in [-0.05, 0) is 17.7 Å². The smallest absolute Gasteiger partial charge is 0.285 e. The molecule has 0 bridgehead atoms. The first-order chi connectivity index (χ1) is 11.2. The highest BCUT2D eigenvalue weighted by Crippen LogP contribution is 2.29. The molecule has 5 nitrogen and oxygen atoms in total. The summed E-state index contributed by atoms with van der Waals surface area (Å²) in [4.78, 5) is 13.7. The van der Waals surface area contributed by atoms with Crippen LogP contribution in [0, 0.1) is 0 Å². The van der Waals surface area contributed by atoms with Crippen LogP contribution in [0.25, 0.3) is 0 Å². The van der Waals surface area contributed by atoms with Crippen LogP contribution in [0.15, 0.2) is 53.5 Å². The minimum Gasteiger partial charge on any atom is -0.345 e. The number of halogens is 1. The SMILES string of the molecule is O=c1[nH]ncc(N2Cc3ccc(Cc4ccccc4)n3C2)c1Cl. The molecule has 1 N–H and O–H groups in total. The number of fused-ring (bicyclic) bond motifs is 1. The van der Waals surface area contributed by atoms with Gasteiger partial charge in [-0.15, -0.1) is 0 Å². The van der Waals surface area contributed by atoms with Crippen molar-refractivity contribution in [1.29, 1.82) is 0 Å². The van der Waals surface area contributed by atoms with Crippen LogP contribution in [0.1, 0.15) is 17.0 Å². The number of benzene rings is 1. The fourth-order valence-corrected chi connectivity index (χ4v) is 3.22. The van der Waals surface area contributed by atoms with Gasteiger partial charge >= 0.3 is 0 Å². The lowest BCUT2D eigenvalue weighted by molar-refractivity contribution is 0.706. The largest absolute Gasteiger partial charge is 0.345 e. The predicted molar refractivity (Wildman–Crippen MR) is 89.7 cm³/mol. The van der Waals surface area contributed by atoms with Gasteiger partial charge in [-0.3, -0.25) is 4.79 Å². The molecular formula is C17H15ClN4O.